The minimum atomic E-state index is -0.930. The molecule has 0 saturated heterocycles. The molecule has 4 rings (SSSR count). The van der Waals surface area contributed by atoms with Crippen LogP contribution >= 0.6 is 11.3 Å². The number of benzene rings is 1. The summed E-state index contributed by atoms with van der Waals surface area (Å²) in [7, 11) is 0. The first-order chi connectivity index (χ1) is 14.1. The summed E-state index contributed by atoms with van der Waals surface area (Å²) in [4.78, 5) is 24.8. The Morgan fingerprint density at radius 1 is 1.03 bits per heavy atom. The van der Waals surface area contributed by atoms with Crippen molar-refractivity contribution in [1.29, 1.82) is 0 Å². The van der Waals surface area contributed by atoms with Gasteiger partial charge < -0.3 is 10.4 Å². The van der Waals surface area contributed by atoms with E-state index in [4.69, 9.17) is 0 Å². The Hall–Kier alpha value is -2.14. The largest absolute Gasteiger partial charge is 0.478 e. The van der Waals surface area contributed by atoms with Gasteiger partial charge >= 0.3 is 5.97 Å². The number of carbonyl (C=O) groups is 2. The Morgan fingerprint density at radius 2 is 1.72 bits per heavy atom. The molecule has 0 spiro atoms. The van der Waals surface area contributed by atoms with E-state index in [-0.39, 0.29) is 11.8 Å². The third-order valence-electron chi connectivity index (χ3n) is 6.03. The van der Waals surface area contributed by atoms with Gasteiger partial charge in [0, 0.05) is 5.92 Å². The van der Waals surface area contributed by atoms with Crippen molar-refractivity contribution in [2.24, 2.45) is 5.92 Å². The number of hydrogen-bond donors (Lipinski definition) is 2. The number of carboxylic acids is 1. The van der Waals surface area contributed by atoms with Crippen molar-refractivity contribution in [3.8, 4) is 0 Å². The molecule has 1 saturated carbocycles. The lowest BCUT2D eigenvalue weighted by Crippen LogP contribution is -2.28. The summed E-state index contributed by atoms with van der Waals surface area (Å²) >= 11 is 1.36. The van der Waals surface area contributed by atoms with Crippen LogP contribution in [-0.2, 0) is 17.6 Å². The molecule has 0 aliphatic heterocycles. The molecule has 1 fully saturated rings. The first-order valence-corrected chi connectivity index (χ1v) is 11.7. The number of aryl methyl sites for hydroxylation is 1. The zero-order valence-electron chi connectivity index (χ0n) is 17.4. The fourth-order valence-corrected chi connectivity index (χ4v) is 5.57. The van der Waals surface area contributed by atoms with Crippen molar-refractivity contribution < 1.29 is 14.7 Å². The molecule has 1 aromatic carbocycles. The van der Waals surface area contributed by atoms with Gasteiger partial charge in [0.05, 0.1) is 5.56 Å². The van der Waals surface area contributed by atoms with Crippen LogP contribution in [0.15, 0.2) is 29.6 Å². The van der Waals surface area contributed by atoms with Gasteiger partial charge in [0.1, 0.15) is 5.00 Å². The predicted molar refractivity (Wildman–Crippen MR) is 119 cm³/mol. The van der Waals surface area contributed by atoms with Gasteiger partial charge in [-0.1, -0.05) is 57.4 Å². The summed E-state index contributed by atoms with van der Waals surface area (Å²) in [5.41, 5.74) is 3.79. The summed E-state index contributed by atoms with van der Waals surface area (Å²) in [6, 6.07) is 8.26. The van der Waals surface area contributed by atoms with Crippen molar-refractivity contribution in [3.63, 3.8) is 0 Å². The number of fused-ring (bicyclic) bond motifs is 1. The van der Waals surface area contributed by atoms with Crippen LogP contribution < -0.4 is 5.32 Å². The number of thiophene rings is 1. The van der Waals surface area contributed by atoms with E-state index in [1.165, 1.54) is 28.9 Å². The monoisotopic (exact) mass is 413 g/mol. The van der Waals surface area contributed by atoms with Crippen LogP contribution in [-0.4, -0.2) is 17.0 Å². The zero-order valence-corrected chi connectivity index (χ0v) is 18.2. The van der Waals surface area contributed by atoms with E-state index in [9.17, 15) is 14.7 Å². The van der Waals surface area contributed by atoms with Crippen molar-refractivity contribution in [1.82, 2.24) is 0 Å². The molecular formula is C24H31NO3S. The molecule has 2 aliphatic carbocycles. The quantitative estimate of drug-likeness (QED) is 0.621. The highest BCUT2D eigenvalue weighted by atomic mass is 32.1. The molecule has 4 nitrogen and oxygen atoms in total. The van der Waals surface area contributed by atoms with Crippen LogP contribution in [0.4, 0.5) is 5.00 Å². The number of carboxylic acid groups (broad SMARTS) is 1. The standard InChI is InChI=1S/C22H25NO3S.C2H6/c24-20(17-11-10-14-6-4-5-9-16(14)12-17)23-21-19(22(25)26)18(13-27-21)15-7-2-1-3-8-15;1-2/h4-6,9,13,15,17H,1-3,7-8,10-12H2,(H,23,24)(H,25,26);1-2H3. The second-order valence-corrected chi connectivity index (χ2v) is 8.61. The van der Waals surface area contributed by atoms with Gasteiger partial charge in [0.2, 0.25) is 5.91 Å². The second-order valence-electron chi connectivity index (χ2n) is 7.73. The minimum Gasteiger partial charge on any atom is -0.478 e. The number of aromatic carboxylic acids is 1. The van der Waals surface area contributed by atoms with Gasteiger partial charge in [-0.3, -0.25) is 4.79 Å². The summed E-state index contributed by atoms with van der Waals surface area (Å²) < 4.78 is 0. The van der Waals surface area contributed by atoms with E-state index in [1.54, 1.807) is 0 Å². The molecule has 2 aliphatic rings. The molecule has 2 aromatic rings. The summed E-state index contributed by atoms with van der Waals surface area (Å²) in [5.74, 6) is -0.764. The lowest BCUT2D eigenvalue weighted by atomic mass is 9.83. The topological polar surface area (TPSA) is 66.4 Å². The first kappa shape index (κ1) is 21.6. The van der Waals surface area contributed by atoms with Gasteiger partial charge in [-0.2, -0.15) is 0 Å². The van der Waals surface area contributed by atoms with E-state index in [0.29, 0.717) is 16.5 Å². The van der Waals surface area contributed by atoms with E-state index < -0.39 is 5.97 Å². The number of carbonyl (C=O) groups excluding carboxylic acids is 1. The Morgan fingerprint density at radius 3 is 2.41 bits per heavy atom. The summed E-state index contributed by atoms with van der Waals surface area (Å²) in [5, 5.41) is 15.2. The Labute approximate surface area is 177 Å². The number of hydrogen-bond acceptors (Lipinski definition) is 3. The minimum absolute atomic E-state index is 0.0518. The molecule has 1 heterocycles. The SMILES string of the molecule is CC.O=C(O)c1c(C2CCCCC2)csc1NC(=O)C1CCc2ccccc2C1. The summed E-state index contributed by atoms with van der Waals surface area (Å²) in [6.07, 6.45) is 8.07. The average molecular weight is 414 g/mol. The molecule has 1 amide bonds. The Balaban J connectivity index is 0.00000117. The van der Waals surface area contributed by atoms with Crippen molar-refractivity contribution in [3.05, 3.63) is 51.9 Å². The van der Waals surface area contributed by atoms with E-state index in [2.05, 4.69) is 17.4 Å². The fourth-order valence-electron chi connectivity index (χ4n) is 4.53. The maximum atomic E-state index is 12.8. The molecule has 1 aromatic heterocycles. The number of anilines is 1. The average Bonchev–Trinajstić information content (AvgIpc) is 3.19. The highest BCUT2D eigenvalue weighted by molar-refractivity contribution is 7.15. The number of nitrogens with one attached hydrogen (secondary N) is 1. The Bertz CT molecular complexity index is 852. The molecule has 156 valence electrons. The van der Waals surface area contributed by atoms with Crippen molar-refractivity contribution in [2.45, 2.75) is 71.1 Å². The molecule has 1 unspecified atom stereocenters. The van der Waals surface area contributed by atoms with Crippen LogP contribution in [0.3, 0.4) is 0 Å². The van der Waals surface area contributed by atoms with Gasteiger partial charge in [-0.25, -0.2) is 4.79 Å². The smallest absolute Gasteiger partial charge is 0.339 e. The Kier molecular flexibility index (Phi) is 7.48. The fraction of sp³-hybridized carbons (Fsp3) is 0.500. The van der Waals surface area contributed by atoms with E-state index >= 15 is 0 Å². The highest BCUT2D eigenvalue weighted by Gasteiger charge is 2.29. The molecular weight excluding hydrogens is 382 g/mol. The molecule has 29 heavy (non-hydrogen) atoms. The number of amides is 1. The van der Waals surface area contributed by atoms with Crippen LogP contribution in [0.1, 0.15) is 85.3 Å². The van der Waals surface area contributed by atoms with E-state index in [1.807, 2.05) is 31.4 Å². The maximum absolute atomic E-state index is 12.8. The van der Waals surface area contributed by atoms with Crippen molar-refractivity contribution >= 4 is 28.2 Å². The normalized spacial score (nSPS) is 18.9. The van der Waals surface area contributed by atoms with Gasteiger partial charge in [0.25, 0.3) is 0 Å². The third kappa shape index (κ3) is 4.89. The van der Waals surface area contributed by atoms with Crippen LogP contribution in [0.2, 0.25) is 0 Å². The second kappa shape index (κ2) is 10.1. The molecule has 0 bridgehead atoms. The highest BCUT2D eigenvalue weighted by Crippen LogP contribution is 2.40. The third-order valence-corrected chi connectivity index (χ3v) is 6.95. The predicted octanol–water partition coefficient (Wildman–Crippen LogP) is 6.26. The molecule has 0 radical (unpaired) electrons. The van der Waals surface area contributed by atoms with Crippen LogP contribution in [0.5, 0.6) is 0 Å². The lowest BCUT2D eigenvalue weighted by molar-refractivity contribution is -0.120. The van der Waals surface area contributed by atoms with Gasteiger partial charge in [0.15, 0.2) is 0 Å². The lowest BCUT2D eigenvalue weighted by Gasteiger charge is -2.24. The van der Waals surface area contributed by atoms with Crippen LogP contribution in [0.25, 0.3) is 0 Å². The molecule has 5 heteroatoms. The van der Waals surface area contributed by atoms with Crippen LogP contribution in [0, 0.1) is 5.92 Å². The zero-order chi connectivity index (χ0) is 20.8. The summed E-state index contributed by atoms with van der Waals surface area (Å²) in [6.45, 7) is 4.00. The van der Waals surface area contributed by atoms with Gasteiger partial charge in [-0.05, 0) is 60.1 Å². The first-order valence-electron chi connectivity index (χ1n) is 10.9. The maximum Gasteiger partial charge on any atom is 0.339 e. The molecule has 2 N–H and O–H groups in total. The van der Waals surface area contributed by atoms with E-state index in [0.717, 1.165) is 50.5 Å². The molecule has 1 atom stereocenters. The van der Waals surface area contributed by atoms with Crippen molar-refractivity contribution in [2.75, 3.05) is 5.32 Å². The number of rotatable bonds is 4. The van der Waals surface area contributed by atoms with Gasteiger partial charge in [-0.15, -0.1) is 11.3 Å².